The van der Waals surface area contributed by atoms with Crippen LogP contribution in [0.4, 0.5) is 5.69 Å². The molecule has 1 atom stereocenters. The van der Waals surface area contributed by atoms with E-state index in [0.717, 1.165) is 25.7 Å². The maximum Gasteiger partial charge on any atom is 0.261 e. The van der Waals surface area contributed by atoms with Crippen LogP contribution < -0.4 is 10.0 Å². The molecule has 2 fully saturated rings. The first-order valence-corrected chi connectivity index (χ1v) is 12.6. The Kier molecular flexibility index (Phi) is 6.65. The van der Waals surface area contributed by atoms with Crippen LogP contribution in [0.25, 0.3) is 0 Å². The number of halogens is 2. The Bertz CT molecular complexity index is 1150. The van der Waals surface area contributed by atoms with Crippen LogP contribution in [0.1, 0.15) is 36.0 Å². The van der Waals surface area contributed by atoms with Crippen molar-refractivity contribution in [3.8, 4) is 0 Å². The molecule has 7 nitrogen and oxygen atoms in total. The fourth-order valence-corrected chi connectivity index (χ4v) is 5.12. The average molecular weight is 496 g/mol. The summed E-state index contributed by atoms with van der Waals surface area (Å²) in [5, 5.41) is 3.39. The number of likely N-dealkylation sites (tertiary alicyclic amines) is 1. The lowest BCUT2D eigenvalue weighted by Gasteiger charge is -2.32. The number of benzene rings is 2. The van der Waals surface area contributed by atoms with Crippen LogP contribution in [-0.4, -0.2) is 44.3 Å². The number of carbonyl (C=O) groups excluding carboxylic acids is 2. The zero-order valence-electron chi connectivity index (χ0n) is 17.2. The van der Waals surface area contributed by atoms with Gasteiger partial charge in [0.2, 0.25) is 5.91 Å². The van der Waals surface area contributed by atoms with E-state index in [0.29, 0.717) is 18.7 Å². The lowest BCUT2D eigenvalue weighted by molar-refractivity contribution is -0.126. The van der Waals surface area contributed by atoms with Gasteiger partial charge in [0, 0.05) is 30.4 Å². The smallest absolute Gasteiger partial charge is 0.261 e. The molecule has 1 saturated heterocycles. The molecule has 2 aliphatic rings. The third kappa shape index (κ3) is 5.36. The molecule has 1 unspecified atom stereocenters. The largest absolute Gasteiger partial charge is 0.353 e. The predicted molar refractivity (Wildman–Crippen MR) is 124 cm³/mol. The van der Waals surface area contributed by atoms with Crippen LogP contribution in [0.3, 0.4) is 0 Å². The normalized spacial score (nSPS) is 18.8. The van der Waals surface area contributed by atoms with Crippen molar-refractivity contribution in [1.29, 1.82) is 0 Å². The van der Waals surface area contributed by atoms with Crippen molar-refractivity contribution < 1.29 is 18.0 Å². The van der Waals surface area contributed by atoms with E-state index in [2.05, 4.69) is 10.0 Å². The Labute approximate surface area is 197 Å². The molecule has 170 valence electrons. The molecule has 1 heterocycles. The SMILES string of the molecule is O=C(NC1CC1)C1CCCN(C(=O)c2cccc(NS(=O)(=O)c3ccc(Cl)c(Cl)c3)c2)C1. The summed E-state index contributed by atoms with van der Waals surface area (Å²) in [5.74, 6) is -0.442. The topological polar surface area (TPSA) is 95.6 Å². The van der Waals surface area contributed by atoms with Crippen molar-refractivity contribution in [3.63, 3.8) is 0 Å². The summed E-state index contributed by atoms with van der Waals surface area (Å²) in [7, 11) is -3.92. The van der Waals surface area contributed by atoms with E-state index in [1.54, 1.807) is 23.1 Å². The first kappa shape index (κ1) is 22.9. The van der Waals surface area contributed by atoms with E-state index in [1.165, 1.54) is 24.3 Å². The summed E-state index contributed by atoms with van der Waals surface area (Å²) < 4.78 is 27.9. The first-order chi connectivity index (χ1) is 15.2. The molecule has 2 amide bonds. The second-order valence-corrected chi connectivity index (χ2v) is 10.6. The summed E-state index contributed by atoms with van der Waals surface area (Å²) in [6.45, 7) is 0.919. The van der Waals surface area contributed by atoms with Gasteiger partial charge in [-0.25, -0.2) is 8.42 Å². The van der Waals surface area contributed by atoms with E-state index in [1.807, 2.05) is 0 Å². The lowest BCUT2D eigenvalue weighted by atomic mass is 9.96. The molecule has 1 saturated carbocycles. The molecular formula is C22H23Cl2N3O4S. The molecule has 1 aliphatic heterocycles. The number of amides is 2. The summed E-state index contributed by atoms with van der Waals surface area (Å²) in [4.78, 5) is 27.1. The van der Waals surface area contributed by atoms with Gasteiger partial charge in [0.05, 0.1) is 20.9 Å². The van der Waals surface area contributed by atoms with E-state index in [9.17, 15) is 18.0 Å². The van der Waals surface area contributed by atoms with Gasteiger partial charge in [-0.15, -0.1) is 0 Å². The number of hydrogen-bond donors (Lipinski definition) is 2. The molecule has 1 aliphatic carbocycles. The second-order valence-electron chi connectivity index (χ2n) is 8.14. The minimum absolute atomic E-state index is 0.00753. The molecule has 4 rings (SSSR count). The summed E-state index contributed by atoms with van der Waals surface area (Å²) in [6.07, 6.45) is 3.54. The van der Waals surface area contributed by atoms with Gasteiger partial charge in [0.1, 0.15) is 0 Å². The van der Waals surface area contributed by atoms with Gasteiger partial charge in [-0.3, -0.25) is 14.3 Å². The molecule has 2 N–H and O–H groups in total. The number of nitrogens with one attached hydrogen (secondary N) is 2. The van der Waals surface area contributed by atoms with E-state index in [4.69, 9.17) is 23.2 Å². The summed E-state index contributed by atoms with van der Waals surface area (Å²) >= 11 is 11.8. The standard InChI is InChI=1S/C22H23Cl2N3O4S/c23-19-9-8-18(12-20(19)24)32(30,31)26-17-5-1-3-14(11-17)22(29)27-10-2-4-15(13-27)21(28)25-16-6-7-16/h1,3,5,8-9,11-12,15-16,26H,2,4,6-7,10,13H2,(H,25,28). The Morgan fingerprint density at radius 2 is 1.78 bits per heavy atom. The monoisotopic (exact) mass is 495 g/mol. The third-order valence-electron chi connectivity index (χ3n) is 5.57. The molecule has 10 heteroatoms. The molecule has 0 radical (unpaired) electrons. The highest BCUT2D eigenvalue weighted by Crippen LogP contribution is 2.27. The van der Waals surface area contributed by atoms with Gasteiger partial charge in [0.15, 0.2) is 0 Å². The quantitative estimate of drug-likeness (QED) is 0.634. The van der Waals surface area contributed by atoms with E-state index in [-0.39, 0.29) is 44.4 Å². The van der Waals surface area contributed by atoms with Gasteiger partial charge in [0.25, 0.3) is 15.9 Å². The zero-order chi connectivity index (χ0) is 22.9. The lowest BCUT2D eigenvalue weighted by Crippen LogP contribution is -2.45. The molecular weight excluding hydrogens is 473 g/mol. The fraction of sp³-hybridized carbons (Fsp3) is 0.364. The van der Waals surface area contributed by atoms with Crippen LogP contribution >= 0.6 is 23.2 Å². The summed E-state index contributed by atoms with van der Waals surface area (Å²) in [5.41, 5.74) is 0.601. The van der Waals surface area contributed by atoms with Crippen molar-refractivity contribution in [2.45, 2.75) is 36.6 Å². The molecule has 0 bridgehead atoms. The van der Waals surface area contributed by atoms with Gasteiger partial charge in [-0.1, -0.05) is 29.3 Å². The number of anilines is 1. The van der Waals surface area contributed by atoms with Gasteiger partial charge in [-0.05, 0) is 62.1 Å². The number of nitrogens with zero attached hydrogens (tertiary/aromatic N) is 1. The number of piperidine rings is 1. The third-order valence-corrected chi connectivity index (χ3v) is 7.68. The van der Waals surface area contributed by atoms with Gasteiger partial charge in [-0.2, -0.15) is 0 Å². The Morgan fingerprint density at radius 3 is 2.50 bits per heavy atom. The van der Waals surface area contributed by atoms with Crippen molar-refractivity contribution in [3.05, 3.63) is 58.1 Å². The van der Waals surface area contributed by atoms with Crippen LogP contribution in [-0.2, 0) is 14.8 Å². The van der Waals surface area contributed by atoms with Crippen molar-refractivity contribution >= 4 is 50.7 Å². The van der Waals surface area contributed by atoms with Crippen molar-refractivity contribution in [2.24, 2.45) is 5.92 Å². The number of hydrogen-bond acceptors (Lipinski definition) is 4. The van der Waals surface area contributed by atoms with E-state index >= 15 is 0 Å². The molecule has 2 aromatic carbocycles. The minimum atomic E-state index is -3.92. The maximum atomic E-state index is 13.1. The van der Waals surface area contributed by atoms with Crippen molar-refractivity contribution in [2.75, 3.05) is 17.8 Å². The average Bonchev–Trinajstić information content (AvgIpc) is 3.59. The highest BCUT2D eigenvalue weighted by Gasteiger charge is 2.32. The van der Waals surface area contributed by atoms with Crippen LogP contribution in [0.2, 0.25) is 10.0 Å². The minimum Gasteiger partial charge on any atom is -0.353 e. The van der Waals surface area contributed by atoms with Crippen molar-refractivity contribution in [1.82, 2.24) is 10.2 Å². The Morgan fingerprint density at radius 1 is 1.00 bits per heavy atom. The van der Waals surface area contributed by atoms with Crippen LogP contribution in [0.15, 0.2) is 47.4 Å². The number of rotatable bonds is 6. The van der Waals surface area contributed by atoms with E-state index < -0.39 is 10.0 Å². The van der Waals surface area contributed by atoms with Gasteiger partial charge >= 0.3 is 0 Å². The molecule has 2 aromatic rings. The number of carbonyl (C=O) groups is 2. The molecule has 0 aromatic heterocycles. The first-order valence-electron chi connectivity index (χ1n) is 10.4. The summed E-state index contributed by atoms with van der Waals surface area (Å²) in [6, 6.07) is 10.6. The Hall–Kier alpha value is -2.29. The van der Waals surface area contributed by atoms with Crippen LogP contribution in [0, 0.1) is 5.92 Å². The molecule has 0 spiro atoms. The Balaban J connectivity index is 1.46. The maximum absolute atomic E-state index is 13.1. The van der Waals surface area contributed by atoms with Crippen LogP contribution in [0.5, 0.6) is 0 Å². The number of sulfonamides is 1. The fourth-order valence-electron chi connectivity index (χ4n) is 3.68. The predicted octanol–water partition coefficient (Wildman–Crippen LogP) is 3.93. The second kappa shape index (κ2) is 9.29. The molecule has 32 heavy (non-hydrogen) atoms. The zero-order valence-corrected chi connectivity index (χ0v) is 19.5. The van der Waals surface area contributed by atoms with Gasteiger partial charge < -0.3 is 10.2 Å². The highest BCUT2D eigenvalue weighted by atomic mass is 35.5. The highest BCUT2D eigenvalue weighted by molar-refractivity contribution is 7.92.